The molecular weight excluding hydrogens is 314 g/mol. The summed E-state index contributed by atoms with van der Waals surface area (Å²) in [6.45, 7) is 0.308. The van der Waals surface area contributed by atoms with Crippen LogP contribution in [0.25, 0.3) is 0 Å². The van der Waals surface area contributed by atoms with E-state index in [2.05, 4.69) is 0 Å². The molecule has 5 nitrogen and oxygen atoms in total. The zero-order valence-electron chi connectivity index (χ0n) is 11.5. The molecule has 1 atom stereocenters. The van der Waals surface area contributed by atoms with Crippen LogP contribution in [0.15, 0.2) is 24.3 Å². The van der Waals surface area contributed by atoms with E-state index in [4.69, 9.17) is 16.7 Å². The lowest BCUT2D eigenvalue weighted by molar-refractivity contribution is 0.0684. The number of halogens is 1. The molecule has 0 aromatic heterocycles. The summed E-state index contributed by atoms with van der Waals surface area (Å²) in [5, 5.41) is 9.51. The summed E-state index contributed by atoms with van der Waals surface area (Å²) >= 11 is 5.81. The fourth-order valence-corrected chi connectivity index (χ4v) is 4.33. The highest BCUT2D eigenvalue weighted by Gasteiger charge is 2.34. The summed E-state index contributed by atoms with van der Waals surface area (Å²) < 4.78 is 23.2. The number of amides is 1. The summed E-state index contributed by atoms with van der Waals surface area (Å²) in [6, 6.07) is 6.19. The number of carbonyl (C=O) groups excluding carboxylic acids is 1. The molecule has 1 fully saturated rings. The van der Waals surface area contributed by atoms with Crippen LogP contribution in [0.3, 0.4) is 0 Å². The SMILES string of the molecule is O=C(c1ccc(Cl)cc1)N(CCCO)[C@@H]1CCS(=O)(=O)C1. The first-order chi connectivity index (χ1) is 9.93. The summed E-state index contributed by atoms with van der Waals surface area (Å²) in [4.78, 5) is 14.1. The summed E-state index contributed by atoms with van der Waals surface area (Å²) in [6.07, 6.45) is 0.878. The molecule has 1 amide bonds. The number of sulfone groups is 1. The van der Waals surface area contributed by atoms with Gasteiger partial charge in [0.2, 0.25) is 0 Å². The van der Waals surface area contributed by atoms with Crippen molar-refractivity contribution in [2.45, 2.75) is 18.9 Å². The molecule has 0 aliphatic carbocycles. The maximum absolute atomic E-state index is 12.6. The minimum absolute atomic E-state index is 0.00222. The van der Waals surface area contributed by atoms with Crippen molar-refractivity contribution in [3.8, 4) is 0 Å². The van der Waals surface area contributed by atoms with E-state index in [1.165, 1.54) is 0 Å². The Morgan fingerprint density at radius 3 is 2.52 bits per heavy atom. The van der Waals surface area contributed by atoms with Crippen molar-refractivity contribution in [1.82, 2.24) is 4.90 Å². The van der Waals surface area contributed by atoms with Gasteiger partial charge in [0, 0.05) is 29.8 Å². The Labute approximate surface area is 129 Å². The van der Waals surface area contributed by atoms with E-state index in [0.717, 1.165) is 0 Å². The van der Waals surface area contributed by atoms with Gasteiger partial charge in [0.05, 0.1) is 11.5 Å². The van der Waals surface area contributed by atoms with Crippen molar-refractivity contribution in [3.05, 3.63) is 34.9 Å². The van der Waals surface area contributed by atoms with Gasteiger partial charge in [0.1, 0.15) is 0 Å². The Morgan fingerprint density at radius 1 is 1.33 bits per heavy atom. The van der Waals surface area contributed by atoms with Crippen LogP contribution in [0.4, 0.5) is 0 Å². The van der Waals surface area contributed by atoms with Gasteiger partial charge in [-0.3, -0.25) is 4.79 Å². The fourth-order valence-electron chi connectivity index (χ4n) is 2.47. The molecule has 7 heteroatoms. The van der Waals surface area contributed by atoms with Crippen molar-refractivity contribution in [2.75, 3.05) is 24.7 Å². The van der Waals surface area contributed by atoms with Gasteiger partial charge < -0.3 is 10.0 Å². The molecule has 1 heterocycles. The van der Waals surface area contributed by atoms with Crippen molar-refractivity contribution >= 4 is 27.3 Å². The van der Waals surface area contributed by atoms with Crippen LogP contribution in [0.2, 0.25) is 5.02 Å². The maximum Gasteiger partial charge on any atom is 0.254 e. The number of carbonyl (C=O) groups is 1. The van der Waals surface area contributed by atoms with Crippen LogP contribution in [0.1, 0.15) is 23.2 Å². The highest BCUT2D eigenvalue weighted by Crippen LogP contribution is 2.21. The van der Waals surface area contributed by atoms with Gasteiger partial charge >= 0.3 is 0 Å². The van der Waals surface area contributed by atoms with E-state index in [9.17, 15) is 13.2 Å². The molecule has 1 aromatic rings. The molecule has 2 rings (SSSR count). The third-order valence-corrected chi connectivity index (χ3v) is 5.56. The van der Waals surface area contributed by atoms with E-state index in [0.29, 0.717) is 30.0 Å². The largest absolute Gasteiger partial charge is 0.396 e. The molecule has 1 aromatic carbocycles. The average Bonchev–Trinajstić information content (AvgIpc) is 2.80. The van der Waals surface area contributed by atoms with E-state index in [-0.39, 0.29) is 30.1 Å². The smallest absolute Gasteiger partial charge is 0.254 e. The minimum Gasteiger partial charge on any atom is -0.396 e. The van der Waals surface area contributed by atoms with Gasteiger partial charge in [-0.2, -0.15) is 0 Å². The van der Waals surface area contributed by atoms with Crippen LogP contribution < -0.4 is 0 Å². The van der Waals surface area contributed by atoms with Gasteiger partial charge in [-0.15, -0.1) is 0 Å². The number of benzene rings is 1. The zero-order chi connectivity index (χ0) is 15.5. The van der Waals surface area contributed by atoms with Gasteiger partial charge in [-0.1, -0.05) is 11.6 Å². The second kappa shape index (κ2) is 6.77. The van der Waals surface area contributed by atoms with E-state index >= 15 is 0 Å². The van der Waals surface area contributed by atoms with E-state index < -0.39 is 9.84 Å². The van der Waals surface area contributed by atoms with E-state index in [1.54, 1.807) is 29.2 Å². The monoisotopic (exact) mass is 331 g/mol. The Bertz CT molecular complexity index is 600. The second-order valence-corrected chi connectivity index (χ2v) is 7.80. The van der Waals surface area contributed by atoms with Crippen LogP contribution >= 0.6 is 11.6 Å². The lowest BCUT2D eigenvalue weighted by atomic mass is 10.1. The van der Waals surface area contributed by atoms with Crippen molar-refractivity contribution in [2.24, 2.45) is 0 Å². The van der Waals surface area contributed by atoms with Crippen molar-refractivity contribution < 1.29 is 18.3 Å². The first kappa shape index (κ1) is 16.3. The number of hydrogen-bond acceptors (Lipinski definition) is 4. The number of aliphatic hydroxyl groups excluding tert-OH is 1. The number of nitrogens with zero attached hydrogens (tertiary/aromatic N) is 1. The Hall–Kier alpha value is -1.11. The number of rotatable bonds is 5. The molecule has 0 radical (unpaired) electrons. The summed E-state index contributed by atoms with van der Waals surface area (Å²) in [7, 11) is -3.07. The van der Waals surface area contributed by atoms with Crippen molar-refractivity contribution in [3.63, 3.8) is 0 Å². The summed E-state index contributed by atoms with van der Waals surface area (Å²) in [5.74, 6) is -0.110. The Kier molecular flexibility index (Phi) is 5.24. The van der Waals surface area contributed by atoms with Gasteiger partial charge in [-0.05, 0) is 37.1 Å². The molecule has 0 unspecified atom stereocenters. The third-order valence-electron chi connectivity index (χ3n) is 3.56. The quantitative estimate of drug-likeness (QED) is 0.883. The van der Waals surface area contributed by atoms with Crippen LogP contribution in [-0.4, -0.2) is 55.0 Å². The van der Waals surface area contributed by atoms with Gasteiger partial charge in [0.15, 0.2) is 9.84 Å². The first-order valence-corrected chi connectivity index (χ1v) is 9.01. The lowest BCUT2D eigenvalue weighted by Crippen LogP contribution is -2.42. The molecule has 1 N–H and O–H groups in total. The predicted octanol–water partition coefficient (Wildman–Crippen LogP) is 1.35. The molecule has 1 aliphatic rings. The topological polar surface area (TPSA) is 74.7 Å². The highest BCUT2D eigenvalue weighted by atomic mass is 35.5. The molecule has 21 heavy (non-hydrogen) atoms. The lowest BCUT2D eigenvalue weighted by Gasteiger charge is -2.28. The molecule has 0 spiro atoms. The standard InChI is InChI=1S/C14H18ClNO4S/c15-12-4-2-11(3-5-12)14(18)16(7-1-8-17)13-6-9-21(19,20)10-13/h2-5,13,17H,1,6-10H2/t13-/m1/s1. The Morgan fingerprint density at radius 2 is 2.00 bits per heavy atom. The normalized spacial score (nSPS) is 20.4. The number of hydrogen-bond donors (Lipinski definition) is 1. The molecule has 1 saturated heterocycles. The molecular formula is C14H18ClNO4S. The average molecular weight is 332 g/mol. The van der Waals surface area contributed by atoms with Crippen molar-refractivity contribution in [1.29, 1.82) is 0 Å². The van der Waals surface area contributed by atoms with Gasteiger partial charge in [0.25, 0.3) is 5.91 Å². The summed E-state index contributed by atoms with van der Waals surface area (Å²) in [5.41, 5.74) is 0.474. The molecule has 1 aliphatic heterocycles. The fraction of sp³-hybridized carbons (Fsp3) is 0.500. The highest BCUT2D eigenvalue weighted by molar-refractivity contribution is 7.91. The van der Waals surface area contributed by atoms with Crippen LogP contribution in [0, 0.1) is 0 Å². The van der Waals surface area contributed by atoms with Gasteiger partial charge in [-0.25, -0.2) is 8.42 Å². The second-order valence-electron chi connectivity index (χ2n) is 5.14. The molecule has 116 valence electrons. The molecule has 0 bridgehead atoms. The number of aliphatic hydroxyl groups is 1. The zero-order valence-corrected chi connectivity index (χ0v) is 13.1. The van der Waals surface area contributed by atoms with Crippen LogP contribution in [-0.2, 0) is 9.84 Å². The van der Waals surface area contributed by atoms with E-state index in [1.807, 2.05) is 0 Å². The predicted molar refractivity (Wildman–Crippen MR) is 81.3 cm³/mol. The van der Waals surface area contributed by atoms with Crippen LogP contribution in [0.5, 0.6) is 0 Å². The maximum atomic E-state index is 12.6. The third kappa shape index (κ3) is 4.18. The first-order valence-electron chi connectivity index (χ1n) is 6.81. The minimum atomic E-state index is -3.07. The molecule has 0 saturated carbocycles. The Balaban J connectivity index is 2.19.